The van der Waals surface area contributed by atoms with Gasteiger partial charge in [-0.25, -0.2) is 8.78 Å². The van der Waals surface area contributed by atoms with Gasteiger partial charge in [-0.05, 0) is 52.6 Å². The van der Waals surface area contributed by atoms with E-state index in [4.69, 9.17) is 0 Å². The van der Waals surface area contributed by atoms with Crippen LogP contribution in [0.3, 0.4) is 0 Å². The van der Waals surface area contributed by atoms with Crippen LogP contribution in [-0.2, 0) is 5.75 Å². The van der Waals surface area contributed by atoms with Crippen LogP contribution in [0.5, 0.6) is 0 Å². The van der Waals surface area contributed by atoms with Gasteiger partial charge in [-0.2, -0.15) is 0 Å². The van der Waals surface area contributed by atoms with Crippen LogP contribution in [0.2, 0.25) is 0 Å². The quantitative estimate of drug-likeness (QED) is 0.261. The summed E-state index contributed by atoms with van der Waals surface area (Å²) in [5.74, 6) is 0.242. The molecule has 0 bridgehead atoms. The number of benzene rings is 4. The SMILES string of the molecule is Fc1ccc([C@H](c2c[nH]c3ccccc23)[C@@H](SCc2ccccc2)c2ccc(F)cc2)cc1. The number of halogens is 2. The van der Waals surface area contributed by atoms with Crippen molar-refractivity contribution in [2.75, 3.05) is 0 Å². The molecule has 0 amide bonds. The molecule has 0 aliphatic carbocycles. The minimum atomic E-state index is -0.258. The zero-order chi connectivity index (χ0) is 22.6. The van der Waals surface area contributed by atoms with Gasteiger partial charge in [0.2, 0.25) is 0 Å². The van der Waals surface area contributed by atoms with E-state index in [1.807, 2.05) is 66.4 Å². The highest BCUT2D eigenvalue weighted by Gasteiger charge is 2.29. The zero-order valence-corrected chi connectivity index (χ0v) is 18.7. The summed E-state index contributed by atoms with van der Waals surface area (Å²) in [5, 5.41) is 1.13. The average molecular weight is 456 g/mol. The molecule has 4 heteroatoms. The molecule has 2 atom stereocenters. The maximum absolute atomic E-state index is 13.8. The van der Waals surface area contributed by atoms with Crippen LogP contribution in [0.4, 0.5) is 8.78 Å². The van der Waals surface area contributed by atoms with Crippen LogP contribution in [0.15, 0.2) is 109 Å². The van der Waals surface area contributed by atoms with Gasteiger partial charge in [-0.3, -0.25) is 0 Å². The molecule has 33 heavy (non-hydrogen) atoms. The molecule has 1 aromatic heterocycles. The number of fused-ring (bicyclic) bond motifs is 1. The topological polar surface area (TPSA) is 15.8 Å². The lowest BCUT2D eigenvalue weighted by Gasteiger charge is -2.28. The highest BCUT2D eigenvalue weighted by molar-refractivity contribution is 7.98. The van der Waals surface area contributed by atoms with Crippen molar-refractivity contribution >= 4 is 22.7 Å². The first-order valence-electron chi connectivity index (χ1n) is 10.9. The van der Waals surface area contributed by atoms with E-state index in [-0.39, 0.29) is 22.8 Å². The molecule has 5 rings (SSSR count). The van der Waals surface area contributed by atoms with E-state index in [0.717, 1.165) is 33.3 Å². The Balaban J connectivity index is 1.64. The predicted octanol–water partition coefficient (Wildman–Crippen LogP) is 8.25. The first-order chi connectivity index (χ1) is 16.2. The van der Waals surface area contributed by atoms with E-state index in [2.05, 4.69) is 35.4 Å². The van der Waals surface area contributed by atoms with Crippen LogP contribution in [0, 0.1) is 11.6 Å². The smallest absolute Gasteiger partial charge is 0.123 e. The van der Waals surface area contributed by atoms with Crippen LogP contribution < -0.4 is 0 Å². The van der Waals surface area contributed by atoms with Crippen LogP contribution in [0.25, 0.3) is 10.9 Å². The fourth-order valence-corrected chi connectivity index (χ4v) is 5.75. The van der Waals surface area contributed by atoms with Crippen molar-refractivity contribution in [1.29, 1.82) is 0 Å². The average Bonchev–Trinajstić information content (AvgIpc) is 3.28. The number of aromatic amines is 1. The molecule has 0 aliphatic heterocycles. The highest BCUT2D eigenvalue weighted by atomic mass is 32.2. The number of aromatic nitrogens is 1. The van der Waals surface area contributed by atoms with Gasteiger partial charge in [0.05, 0.1) is 0 Å². The molecule has 1 heterocycles. The van der Waals surface area contributed by atoms with Crippen molar-refractivity contribution in [3.05, 3.63) is 143 Å². The summed E-state index contributed by atoms with van der Waals surface area (Å²) in [4.78, 5) is 3.40. The number of hydrogen-bond donors (Lipinski definition) is 1. The van der Waals surface area contributed by atoms with E-state index in [1.54, 1.807) is 0 Å². The zero-order valence-electron chi connectivity index (χ0n) is 17.9. The third-order valence-corrected chi connectivity index (χ3v) is 7.36. The number of thioether (sulfide) groups is 1. The Morgan fingerprint density at radius 3 is 1.97 bits per heavy atom. The molecule has 164 valence electrons. The fraction of sp³-hybridized carbons (Fsp3) is 0.103. The standard InChI is InChI=1S/C29H23F2NS/c30-23-14-10-21(11-15-23)28(26-18-32-27-9-5-4-8-25(26)27)29(22-12-16-24(31)17-13-22)33-19-20-6-2-1-3-7-20/h1-18,28-29,32H,19H2/t28-,29+/m1/s1. The van der Waals surface area contributed by atoms with E-state index in [9.17, 15) is 8.78 Å². The minimum Gasteiger partial charge on any atom is -0.361 e. The number of rotatable bonds is 7. The Bertz CT molecular complexity index is 1330. The molecule has 0 fully saturated rings. The summed E-state index contributed by atoms with van der Waals surface area (Å²) in [6.07, 6.45) is 2.05. The van der Waals surface area contributed by atoms with E-state index in [0.29, 0.717) is 0 Å². The van der Waals surface area contributed by atoms with Gasteiger partial charge in [0.15, 0.2) is 0 Å². The molecule has 0 radical (unpaired) electrons. The van der Waals surface area contributed by atoms with Gasteiger partial charge in [-0.15, -0.1) is 11.8 Å². The lowest BCUT2D eigenvalue weighted by molar-refractivity contribution is 0.624. The fourth-order valence-electron chi connectivity index (χ4n) is 4.34. The molecule has 0 saturated carbocycles. The first kappa shape index (κ1) is 21.5. The molecule has 1 nitrogen and oxygen atoms in total. The van der Waals surface area contributed by atoms with Crippen molar-refractivity contribution in [3.8, 4) is 0 Å². The first-order valence-corrected chi connectivity index (χ1v) is 12.0. The third kappa shape index (κ3) is 4.71. The summed E-state index contributed by atoms with van der Waals surface area (Å²) in [7, 11) is 0. The van der Waals surface area contributed by atoms with Crippen molar-refractivity contribution < 1.29 is 8.78 Å². The van der Waals surface area contributed by atoms with Crippen molar-refractivity contribution in [2.24, 2.45) is 0 Å². The summed E-state index contributed by atoms with van der Waals surface area (Å²) < 4.78 is 27.6. The van der Waals surface area contributed by atoms with Gasteiger partial charge in [0, 0.05) is 34.0 Å². The van der Waals surface area contributed by atoms with E-state index in [1.165, 1.54) is 29.8 Å². The van der Waals surface area contributed by atoms with Gasteiger partial charge >= 0.3 is 0 Å². The summed E-state index contributed by atoms with van der Waals surface area (Å²) in [6, 6.07) is 32.1. The minimum absolute atomic E-state index is 0.00419. The van der Waals surface area contributed by atoms with Crippen LogP contribution in [-0.4, -0.2) is 4.98 Å². The predicted molar refractivity (Wildman–Crippen MR) is 133 cm³/mol. The molecule has 5 aromatic rings. The van der Waals surface area contributed by atoms with Crippen LogP contribution in [0.1, 0.15) is 33.4 Å². The second-order valence-electron chi connectivity index (χ2n) is 8.09. The van der Waals surface area contributed by atoms with Crippen LogP contribution >= 0.6 is 11.8 Å². The largest absolute Gasteiger partial charge is 0.361 e. The Hall–Kier alpha value is -3.37. The van der Waals surface area contributed by atoms with E-state index >= 15 is 0 Å². The Kier molecular flexibility index (Phi) is 6.27. The maximum atomic E-state index is 13.8. The van der Waals surface area contributed by atoms with Gasteiger partial charge < -0.3 is 4.98 Å². The normalized spacial score (nSPS) is 13.2. The Labute approximate surface area is 196 Å². The molecule has 0 spiro atoms. The molecule has 4 aromatic carbocycles. The molecule has 0 unspecified atom stereocenters. The van der Waals surface area contributed by atoms with Gasteiger partial charge in [-0.1, -0.05) is 72.8 Å². The van der Waals surface area contributed by atoms with Crippen molar-refractivity contribution in [2.45, 2.75) is 16.9 Å². The second kappa shape index (κ2) is 9.63. The Morgan fingerprint density at radius 2 is 1.27 bits per heavy atom. The molecule has 0 aliphatic rings. The highest BCUT2D eigenvalue weighted by Crippen LogP contribution is 2.48. The number of nitrogens with one attached hydrogen (secondary N) is 1. The van der Waals surface area contributed by atoms with Gasteiger partial charge in [0.25, 0.3) is 0 Å². The van der Waals surface area contributed by atoms with Crippen molar-refractivity contribution in [3.63, 3.8) is 0 Å². The Morgan fingerprint density at radius 1 is 0.667 bits per heavy atom. The summed E-state index contributed by atoms with van der Waals surface area (Å²) in [5.41, 5.74) is 5.50. The number of H-pyrrole nitrogens is 1. The monoisotopic (exact) mass is 455 g/mol. The summed E-state index contributed by atoms with van der Waals surface area (Å²) >= 11 is 1.82. The summed E-state index contributed by atoms with van der Waals surface area (Å²) in [6.45, 7) is 0. The third-order valence-electron chi connectivity index (χ3n) is 5.96. The van der Waals surface area contributed by atoms with Gasteiger partial charge in [0.1, 0.15) is 11.6 Å². The number of para-hydroxylation sites is 1. The molecule has 1 N–H and O–H groups in total. The van der Waals surface area contributed by atoms with E-state index < -0.39 is 0 Å². The molecular weight excluding hydrogens is 432 g/mol. The lowest BCUT2D eigenvalue weighted by atomic mass is 9.85. The second-order valence-corrected chi connectivity index (χ2v) is 9.22. The molecular formula is C29H23F2NS. The maximum Gasteiger partial charge on any atom is 0.123 e. The molecule has 0 saturated heterocycles. The number of hydrogen-bond acceptors (Lipinski definition) is 1. The lowest BCUT2D eigenvalue weighted by Crippen LogP contribution is -2.11. The van der Waals surface area contributed by atoms with Crippen molar-refractivity contribution in [1.82, 2.24) is 4.98 Å².